The van der Waals surface area contributed by atoms with Gasteiger partial charge >= 0.3 is 0 Å². The van der Waals surface area contributed by atoms with Gasteiger partial charge in [-0.25, -0.2) is 4.98 Å². The number of fused-ring (bicyclic) bond motifs is 2. The fourth-order valence-electron chi connectivity index (χ4n) is 3.75. The third-order valence-electron chi connectivity index (χ3n) is 5.75. The van der Waals surface area contributed by atoms with Gasteiger partial charge in [0.25, 0.3) is 5.91 Å². The summed E-state index contributed by atoms with van der Waals surface area (Å²) in [5.41, 5.74) is 1.54. The molecule has 2 aromatic carbocycles. The van der Waals surface area contributed by atoms with Crippen LogP contribution in [0, 0.1) is 0 Å². The highest BCUT2D eigenvalue weighted by Crippen LogP contribution is 2.40. The fourth-order valence-corrected chi connectivity index (χ4v) is 4.85. The molecule has 4 rings (SSSR count). The summed E-state index contributed by atoms with van der Waals surface area (Å²) >= 11 is 1.42. The molecular formula is C25H29N3O5S. The number of thiazole rings is 1. The van der Waals surface area contributed by atoms with Crippen LogP contribution in [0.1, 0.15) is 19.4 Å². The zero-order chi connectivity index (χ0) is 24.1. The maximum absolute atomic E-state index is 13.4. The largest absolute Gasteiger partial charge is 0.495 e. The molecule has 0 atom stereocenters. The molecule has 0 aliphatic carbocycles. The van der Waals surface area contributed by atoms with Crippen molar-refractivity contribution in [2.24, 2.45) is 0 Å². The highest BCUT2D eigenvalue weighted by atomic mass is 32.1. The molecule has 0 unspecified atom stereocenters. The number of benzene rings is 2. The molecule has 0 fully saturated rings. The maximum Gasteiger partial charge on any atom is 0.252 e. The van der Waals surface area contributed by atoms with Gasteiger partial charge in [-0.1, -0.05) is 31.3 Å². The van der Waals surface area contributed by atoms with E-state index in [-0.39, 0.29) is 12.7 Å². The third-order valence-corrected chi connectivity index (χ3v) is 6.84. The molecular weight excluding hydrogens is 454 g/mol. The van der Waals surface area contributed by atoms with Crippen LogP contribution in [0.2, 0.25) is 0 Å². The van der Waals surface area contributed by atoms with E-state index in [0.717, 1.165) is 29.9 Å². The summed E-state index contributed by atoms with van der Waals surface area (Å²) in [6.45, 7) is 7.51. The van der Waals surface area contributed by atoms with Crippen LogP contribution >= 0.6 is 11.3 Å². The Morgan fingerprint density at radius 3 is 2.53 bits per heavy atom. The van der Waals surface area contributed by atoms with Gasteiger partial charge in [-0.15, -0.1) is 0 Å². The second-order valence-electron chi connectivity index (χ2n) is 7.61. The van der Waals surface area contributed by atoms with E-state index in [0.29, 0.717) is 40.2 Å². The summed E-state index contributed by atoms with van der Waals surface area (Å²) < 4.78 is 22.7. The van der Waals surface area contributed by atoms with Gasteiger partial charge in [0.05, 0.1) is 14.2 Å². The first-order valence-corrected chi connectivity index (χ1v) is 12.0. The number of anilines is 1. The maximum atomic E-state index is 13.4. The average molecular weight is 484 g/mol. The fraction of sp³-hybridized carbons (Fsp3) is 0.360. The lowest BCUT2D eigenvalue weighted by Crippen LogP contribution is -2.38. The van der Waals surface area contributed by atoms with Crippen molar-refractivity contribution >= 4 is 38.7 Å². The van der Waals surface area contributed by atoms with Crippen LogP contribution in [0.25, 0.3) is 16.3 Å². The minimum atomic E-state index is -0.151. The lowest BCUT2D eigenvalue weighted by molar-refractivity contribution is -0.114. The van der Waals surface area contributed by atoms with Crippen LogP contribution in [0.5, 0.6) is 23.0 Å². The highest BCUT2D eigenvalue weighted by molar-refractivity contribution is 7.22. The summed E-state index contributed by atoms with van der Waals surface area (Å²) in [5.74, 6) is 2.58. The van der Waals surface area contributed by atoms with E-state index in [2.05, 4.69) is 18.7 Å². The van der Waals surface area contributed by atoms with Gasteiger partial charge in [0.2, 0.25) is 6.79 Å². The molecule has 1 aliphatic rings. The average Bonchev–Trinajstić information content (AvgIpc) is 3.51. The monoisotopic (exact) mass is 483 g/mol. The summed E-state index contributed by atoms with van der Waals surface area (Å²) in [4.78, 5) is 22.2. The lowest BCUT2D eigenvalue weighted by Gasteiger charge is -2.23. The van der Waals surface area contributed by atoms with Crippen LogP contribution in [0.4, 0.5) is 5.13 Å². The Hall–Kier alpha value is -3.30. The lowest BCUT2D eigenvalue weighted by atomic mass is 10.2. The standard InChI is InChI=1S/C25H29N3O5S/c1-5-27(6-2)13-14-28(22(29)12-8-17-7-9-18-21(15-17)33-16-32-18)25-26-23-19(30-3)10-11-20(31-4)24(23)34-25/h7-12,15H,5-6,13-14,16H2,1-4H3. The molecule has 0 radical (unpaired) electrons. The van der Waals surface area contributed by atoms with E-state index in [1.807, 2.05) is 30.3 Å². The first-order chi connectivity index (χ1) is 16.6. The third kappa shape index (κ3) is 4.95. The molecule has 3 aromatic rings. The van der Waals surface area contributed by atoms with E-state index in [9.17, 15) is 4.79 Å². The van der Waals surface area contributed by atoms with Crippen LogP contribution < -0.4 is 23.8 Å². The van der Waals surface area contributed by atoms with E-state index >= 15 is 0 Å². The van der Waals surface area contributed by atoms with Crippen LogP contribution in [-0.2, 0) is 4.79 Å². The number of ether oxygens (including phenoxy) is 4. The van der Waals surface area contributed by atoms with Crippen molar-refractivity contribution in [2.75, 3.05) is 52.1 Å². The number of rotatable bonds is 10. The Kier molecular flexibility index (Phi) is 7.54. The van der Waals surface area contributed by atoms with Crippen molar-refractivity contribution in [3.05, 3.63) is 42.0 Å². The number of nitrogens with zero attached hydrogens (tertiary/aromatic N) is 3. The number of amides is 1. The van der Waals surface area contributed by atoms with E-state index in [1.54, 1.807) is 31.3 Å². The normalized spacial score (nSPS) is 12.6. The van der Waals surface area contributed by atoms with Crippen molar-refractivity contribution in [1.82, 2.24) is 9.88 Å². The Morgan fingerprint density at radius 2 is 1.79 bits per heavy atom. The molecule has 2 heterocycles. The SMILES string of the molecule is CCN(CC)CCN(C(=O)C=Cc1ccc2c(c1)OCO2)c1nc2c(OC)ccc(OC)c2s1. The molecule has 1 aromatic heterocycles. The number of methoxy groups -OCH3 is 2. The van der Waals surface area contributed by atoms with Gasteiger partial charge in [-0.05, 0) is 49.0 Å². The Balaban J connectivity index is 1.65. The minimum Gasteiger partial charge on any atom is -0.495 e. The van der Waals surface area contributed by atoms with Crippen LogP contribution in [-0.4, -0.2) is 63.0 Å². The zero-order valence-corrected chi connectivity index (χ0v) is 20.7. The summed E-state index contributed by atoms with van der Waals surface area (Å²) in [7, 11) is 3.23. The molecule has 34 heavy (non-hydrogen) atoms. The van der Waals surface area contributed by atoms with Gasteiger partial charge in [0, 0.05) is 19.2 Å². The van der Waals surface area contributed by atoms with Crippen molar-refractivity contribution < 1.29 is 23.7 Å². The van der Waals surface area contributed by atoms with E-state index in [4.69, 9.17) is 23.9 Å². The molecule has 1 amide bonds. The van der Waals surface area contributed by atoms with E-state index in [1.165, 1.54) is 11.3 Å². The molecule has 0 spiro atoms. The summed E-state index contributed by atoms with van der Waals surface area (Å²) in [6, 6.07) is 9.28. The van der Waals surface area contributed by atoms with Crippen molar-refractivity contribution in [1.29, 1.82) is 0 Å². The quantitative estimate of drug-likeness (QED) is 0.395. The minimum absolute atomic E-state index is 0.151. The molecule has 0 saturated carbocycles. The van der Waals surface area contributed by atoms with Crippen molar-refractivity contribution in [2.45, 2.75) is 13.8 Å². The number of hydrogen-bond donors (Lipinski definition) is 0. The van der Waals surface area contributed by atoms with Gasteiger partial charge in [-0.2, -0.15) is 0 Å². The first kappa shape index (κ1) is 23.8. The van der Waals surface area contributed by atoms with Crippen LogP contribution in [0.3, 0.4) is 0 Å². The molecule has 9 heteroatoms. The smallest absolute Gasteiger partial charge is 0.252 e. The van der Waals surface area contributed by atoms with Gasteiger partial charge in [0.1, 0.15) is 21.7 Å². The molecule has 0 N–H and O–H groups in total. The Morgan fingerprint density at radius 1 is 1.06 bits per heavy atom. The Bertz CT molecular complexity index is 1150. The van der Waals surface area contributed by atoms with Gasteiger partial charge < -0.3 is 23.8 Å². The number of aromatic nitrogens is 1. The molecule has 0 saturated heterocycles. The molecule has 180 valence electrons. The van der Waals surface area contributed by atoms with Gasteiger partial charge in [-0.3, -0.25) is 9.69 Å². The predicted molar refractivity (Wildman–Crippen MR) is 134 cm³/mol. The van der Waals surface area contributed by atoms with Crippen LogP contribution in [0.15, 0.2) is 36.4 Å². The predicted octanol–water partition coefficient (Wildman–Crippen LogP) is 4.43. The first-order valence-electron chi connectivity index (χ1n) is 11.2. The second-order valence-corrected chi connectivity index (χ2v) is 8.58. The number of likely N-dealkylation sites (N-methyl/N-ethyl adjacent to an activating group) is 1. The number of carbonyl (C=O) groups is 1. The van der Waals surface area contributed by atoms with Crippen molar-refractivity contribution in [3.8, 4) is 23.0 Å². The highest BCUT2D eigenvalue weighted by Gasteiger charge is 2.22. The van der Waals surface area contributed by atoms with E-state index < -0.39 is 0 Å². The summed E-state index contributed by atoms with van der Waals surface area (Å²) in [5, 5.41) is 0.602. The molecule has 1 aliphatic heterocycles. The Labute approximate surface area is 203 Å². The molecule has 0 bridgehead atoms. The topological polar surface area (TPSA) is 73.4 Å². The zero-order valence-electron chi connectivity index (χ0n) is 19.9. The number of carbonyl (C=O) groups excluding carboxylic acids is 1. The summed E-state index contributed by atoms with van der Waals surface area (Å²) in [6.07, 6.45) is 3.35. The van der Waals surface area contributed by atoms with Crippen molar-refractivity contribution in [3.63, 3.8) is 0 Å². The van der Waals surface area contributed by atoms with Gasteiger partial charge in [0.15, 0.2) is 16.6 Å². The number of hydrogen-bond acceptors (Lipinski definition) is 8. The second kappa shape index (κ2) is 10.8. The molecule has 8 nitrogen and oxygen atoms in total.